The number of aromatic nitrogens is 3. The van der Waals surface area contributed by atoms with Crippen LogP contribution in [0.3, 0.4) is 0 Å². The Kier molecular flexibility index (Phi) is 3.99. The summed E-state index contributed by atoms with van der Waals surface area (Å²) in [5, 5.41) is 10.6. The van der Waals surface area contributed by atoms with E-state index in [0.29, 0.717) is 11.1 Å². The molecule has 31 heavy (non-hydrogen) atoms. The smallest absolute Gasteiger partial charge is 0.347 e. The Labute approximate surface area is 185 Å². The van der Waals surface area contributed by atoms with Gasteiger partial charge in [0.05, 0.1) is 12.6 Å². The van der Waals surface area contributed by atoms with Gasteiger partial charge in [-0.1, -0.05) is 24.3 Å². The van der Waals surface area contributed by atoms with Gasteiger partial charge in [-0.15, -0.1) is 23.2 Å². The first-order chi connectivity index (χ1) is 14.6. The number of benzene rings is 1. The van der Waals surface area contributed by atoms with Gasteiger partial charge in [-0.05, 0) is 11.6 Å². The van der Waals surface area contributed by atoms with Gasteiger partial charge in [0.15, 0.2) is 9.75 Å². The second-order valence-corrected chi connectivity index (χ2v) is 9.39. The van der Waals surface area contributed by atoms with Crippen LogP contribution in [-0.4, -0.2) is 52.5 Å². The van der Waals surface area contributed by atoms with Gasteiger partial charge in [0.25, 0.3) is 11.8 Å². The molecule has 1 aromatic heterocycles. The number of phenolic OH excluding ortho intramolecular Hbond substituents is 1. The lowest BCUT2D eigenvalue weighted by molar-refractivity contribution is -0.137. The maximum atomic E-state index is 13.3. The monoisotopic (exact) mass is 464 g/mol. The van der Waals surface area contributed by atoms with Crippen LogP contribution < -0.4 is 11.4 Å². The van der Waals surface area contributed by atoms with E-state index in [4.69, 9.17) is 23.2 Å². The SMILES string of the molecule is CN1C(=O)[C@]2(Cl)C[C@@H]3C(=CCn4c(=O)n(C)c(=O)n43)[C@H](c3ccccc3O)[C@]2(Cl)C1=O. The number of rotatable bonds is 1. The number of likely N-dealkylation sites (tertiary alicyclic amines) is 1. The van der Waals surface area contributed by atoms with Crippen LogP contribution in [0.15, 0.2) is 45.5 Å². The van der Waals surface area contributed by atoms with Crippen LogP contribution in [0.1, 0.15) is 23.9 Å². The number of carbonyl (C=O) groups excluding carboxylic acids is 2. The van der Waals surface area contributed by atoms with E-state index >= 15 is 0 Å². The molecular weight excluding hydrogens is 447 g/mol. The van der Waals surface area contributed by atoms with Gasteiger partial charge < -0.3 is 5.11 Å². The number of allylic oxidation sites excluding steroid dienone is 2. The number of amides is 2. The highest BCUT2D eigenvalue weighted by Crippen LogP contribution is 2.63. The van der Waals surface area contributed by atoms with E-state index in [0.717, 1.165) is 9.47 Å². The zero-order valence-electron chi connectivity index (χ0n) is 16.6. The van der Waals surface area contributed by atoms with E-state index in [1.807, 2.05) is 0 Å². The minimum absolute atomic E-state index is 0.0745. The van der Waals surface area contributed by atoms with Gasteiger partial charge in [0.2, 0.25) is 0 Å². The second kappa shape index (κ2) is 6.14. The van der Waals surface area contributed by atoms with Gasteiger partial charge in [0.1, 0.15) is 5.75 Å². The second-order valence-electron chi connectivity index (χ2n) is 8.15. The van der Waals surface area contributed by atoms with E-state index in [2.05, 4.69) is 0 Å². The fraction of sp³-hybridized carbons (Fsp3) is 0.400. The highest BCUT2D eigenvalue weighted by Gasteiger charge is 2.75. The molecule has 1 saturated carbocycles. The average molecular weight is 465 g/mol. The molecule has 9 nitrogen and oxygen atoms in total. The number of nitrogens with zero attached hydrogens (tertiary/aromatic N) is 4. The normalized spacial score (nSPS) is 31.9. The Morgan fingerprint density at radius 1 is 1.03 bits per heavy atom. The van der Waals surface area contributed by atoms with Gasteiger partial charge in [-0.2, -0.15) is 0 Å². The van der Waals surface area contributed by atoms with Crippen LogP contribution >= 0.6 is 23.2 Å². The lowest BCUT2D eigenvalue weighted by Gasteiger charge is -2.49. The summed E-state index contributed by atoms with van der Waals surface area (Å²) in [6.07, 6.45) is 1.56. The molecule has 11 heteroatoms. The van der Waals surface area contributed by atoms with Crippen LogP contribution in [0.5, 0.6) is 5.75 Å². The molecule has 0 radical (unpaired) electrons. The fourth-order valence-corrected chi connectivity index (χ4v) is 6.18. The van der Waals surface area contributed by atoms with Crippen LogP contribution in [-0.2, 0) is 23.2 Å². The van der Waals surface area contributed by atoms with Crippen LogP contribution in [0.25, 0.3) is 0 Å². The molecule has 1 saturated heterocycles. The summed E-state index contributed by atoms with van der Waals surface area (Å²) in [6, 6.07) is 5.56. The van der Waals surface area contributed by atoms with E-state index in [1.54, 1.807) is 24.3 Å². The van der Waals surface area contributed by atoms with Crippen LogP contribution in [0.2, 0.25) is 0 Å². The number of phenols is 1. The molecule has 1 N–H and O–H groups in total. The first-order valence-corrected chi connectivity index (χ1v) is 10.4. The van der Waals surface area contributed by atoms with Crippen molar-refractivity contribution in [2.75, 3.05) is 7.05 Å². The Bertz CT molecular complexity index is 1320. The zero-order chi connectivity index (χ0) is 22.5. The molecule has 0 spiro atoms. The first kappa shape index (κ1) is 20.1. The average Bonchev–Trinajstić information content (AvgIpc) is 3.04. The van der Waals surface area contributed by atoms with Crippen LogP contribution in [0.4, 0.5) is 0 Å². The molecule has 162 valence electrons. The molecule has 1 aliphatic carbocycles. The largest absolute Gasteiger partial charge is 0.508 e. The maximum Gasteiger partial charge on any atom is 0.347 e. The van der Waals surface area contributed by atoms with Gasteiger partial charge in [0, 0.05) is 32.0 Å². The fourth-order valence-electron chi connectivity index (χ4n) is 5.19. The molecule has 2 aliphatic heterocycles. The van der Waals surface area contributed by atoms with Crippen molar-refractivity contribution in [1.82, 2.24) is 18.8 Å². The first-order valence-electron chi connectivity index (χ1n) is 9.62. The van der Waals surface area contributed by atoms with Crippen molar-refractivity contribution in [3.05, 3.63) is 62.4 Å². The lowest BCUT2D eigenvalue weighted by Crippen LogP contribution is -2.59. The predicted molar refractivity (Wildman–Crippen MR) is 111 cm³/mol. The quantitative estimate of drug-likeness (QED) is 0.379. The highest BCUT2D eigenvalue weighted by atomic mass is 35.5. The zero-order valence-corrected chi connectivity index (χ0v) is 18.1. The Morgan fingerprint density at radius 2 is 1.71 bits per heavy atom. The van der Waals surface area contributed by atoms with Crippen molar-refractivity contribution in [2.24, 2.45) is 7.05 Å². The van der Waals surface area contributed by atoms with Crippen molar-refractivity contribution in [1.29, 1.82) is 0 Å². The molecular formula is C20H18Cl2N4O5. The number of imide groups is 1. The number of hydrogen-bond acceptors (Lipinski definition) is 5. The lowest BCUT2D eigenvalue weighted by atomic mass is 9.64. The maximum absolute atomic E-state index is 13.3. The molecule has 3 aliphatic rings. The van der Waals surface area contributed by atoms with E-state index in [9.17, 15) is 24.3 Å². The minimum Gasteiger partial charge on any atom is -0.508 e. The van der Waals surface area contributed by atoms with Gasteiger partial charge >= 0.3 is 11.4 Å². The number of para-hydroxylation sites is 1. The molecule has 5 rings (SSSR count). The molecule has 3 heterocycles. The molecule has 2 fully saturated rings. The van der Waals surface area contributed by atoms with Crippen molar-refractivity contribution in [3.63, 3.8) is 0 Å². The molecule has 0 unspecified atom stereocenters. The van der Waals surface area contributed by atoms with Crippen molar-refractivity contribution >= 4 is 35.0 Å². The third kappa shape index (κ3) is 2.17. The number of carbonyl (C=O) groups is 2. The van der Waals surface area contributed by atoms with Gasteiger partial charge in [-0.3, -0.25) is 14.5 Å². The molecule has 1 aromatic carbocycles. The number of alkyl halides is 2. The van der Waals surface area contributed by atoms with E-state index in [-0.39, 0.29) is 18.7 Å². The van der Waals surface area contributed by atoms with Crippen LogP contribution in [0, 0.1) is 0 Å². The van der Waals surface area contributed by atoms with Gasteiger partial charge in [-0.25, -0.2) is 23.5 Å². The summed E-state index contributed by atoms with van der Waals surface area (Å²) in [7, 11) is 2.67. The molecule has 4 atom stereocenters. The minimum atomic E-state index is -1.91. The van der Waals surface area contributed by atoms with E-state index in [1.165, 1.54) is 29.5 Å². The Hall–Kier alpha value is -2.78. The molecule has 2 aromatic rings. The number of halogens is 2. The summed E-state index contributed by atoms with van der Waals surface area (Å²) < 4.78 is 3.51. The summed E-state index contributed by atoms with van der Waals surface area (Å²) in [4.78, 5) is 48.9. The summed E-state index contributed by atoms with van der Waals surface area (Å²) in [5.41, 5.74) is -0.201. The van der Waals surface area contributed by atoms with Crippen molar-refractivity contribution < 1.29 is 14.7 Å². The summed E-state index contributed by atoms with van der Waals surface area (Å²) in [6.45, 7) is 0.0745. The van der Waals surface area contributed by atoms with Crippen molar-refractivity contribution in [3.8, 4) is 5.75 Å². The van der Waals surface area contributed by atoms with E-state index < -0.39 is 44.9 Å². The summed E-state index contributed by atoms with van der Waals surface area (Å²) >= 11 is 13.9. The van der Waals surface area contributed by atoms with Crippen molar-refractivity contribution in [2.45, 2.75) is 34.7 Å². The standard InChI is InChI=1S/C20H18Cl2N4O5/c1-23-15(28)19(21)9-12-10(7-8-25-17(30)24(2)18(31)26(12)25)14(20(19,22)16(23)29)11-5-3-4-6-13(11)27/h3-7,12,14,27H,8-9H2,1-2H3/t12-,14-,19-,20+/m1/s1. The number of aromatic hydroxyl groups is 1. The predicted octanol–water partition coefficient (Wildman–Crippen LogP) is 0.676. The third-order valence-electron chi connectivity index (χ3n) is 6.72. The highest BCUT2D eigenvalue weighted by molar-refractivity contribution is 6.53. The number of fused-ring (bicyclic) bond motifs is 4. The Morgan fingerprint density at radius 3 is 2.39 bits per heavy atom. The third-order valence-corrected chi connectivity index (χ3v) is 8.13. The topological polar surface area (TPSA) is 107 Å². The Balaban J connectivity index is 1.84. The summed E-state index contributed by atoms with van der Waals surface area (Å²) in [5.74, 6) is -2.47. The molecule has 0 bridgehead atoms. The molecule has 2 amide bonds. The number of hydrogen-bond donors (Lipinski definition) is 1.